The molecule has 0 saturated heterocycles. The Kier molecular flexibility index (Phi) is 12.1. The second-order valence-corrected chi connectivity index (χ2v) is 2.82. The van der Waals surface area contributed by atoms with Gasteiger partial charge in [0, 0.05) is 0 Å². The van der Waals surface area contributed by atoms with Gasteiger partial charge in [-0.2, -0.15) is 0 Å². The Labute approximate surface area is 99.6 Å². The van der Waals surface area contributed by atoms with Crippen molar-refractivity contribution < 1.29 is 33.1 Å². The fourth-order valence-corrected chi connectivity index (χ4v) is 1.08. The van der Waals surface area contributed by atoms with Crippen LogP contribution in [0.2, 0.25) is 0 Å². The summed E-state index contributed by atoms with van der Waals surface area (Å²) in [4.78, 5) is 19.6. The van der Waals surface area contributed by atoms with Crippen molar-refractivity contribution in [2.24, 2.45) is 0 Å². The summed E-state index contributed by atoms with van der Waals surface area (Å²) in [5, 5.41) is 8.25. The van der Waals surface area contributed by atoms with Crippen molar-refractivity contribution in [1.29, 1.82) is 0 Å². The summed E-state index contributed by atoms with van der Waals surface area (Å²) in [5.74, 6) is 0. The molecule has 0 saturated carbocycles. The smallest absolute Gasteiger partial charge is 0.781 e. The minimum Gasteiger partial charge on any atom is -0.781 e. The van der Waals surface area contributed by atoms with Crippen LogP contribution in [0, 0.1) is 0 Å². The molecule has 0 aliphatic heterocycles. The molecule has 0 aromatic carbocycles. The Morgan fingerprint density at radius 1 is 1.25 bits per heavy atom. The molecule has 0 radical (unpaired) electrons. The van der Waals surface area contributed by atoms with Gasteiger partial charge in [-0.25, -0.2) is 0 Å². The molecule has 0 aromatic rings. The molecule has 0 bridgehead atoms. The summed E-state index contributed by atoms with van der Waals surface area (Å²) in [6.45, 7) is -0.836. The number of rotatable bonds is 5. The Bertz CT molecular complexity index is 145. The third-order valence-corrected chi connectivity index (χ3v) is 1.52. The molecule has 0 aliphatic rings. The molecule has 10 heteroatoms. The molecule has 0 aliphatic carbocycles. The third-order valence-electron chi connectivity index (χ3n) is 0.604. The zero-order chi connectivity index (χ0) is 8.85. The molecule has 0 heterocycles. The predicted octanol–water partition coefficient (Wildman–Crippen LogP) is -2.54. The monoisotopic (exact) mass is 244 g/mol. The first-order valence-electron chi connectivity index (χ1n) is 2.42. The zero-order valence-corrected chi connectivity index (χ0v) is 10.1. The quantitative estimate of drug-likeness (QED) is 0.321. The first-order valence-corrected chi connectivity index (χ1v) is 4.87. The van der Waals surface area contributed by atoms with Gasteiger partial charge in [0.25, 0.3) is 0 Å². The Morgan fingerprint density at radius 2 is 1.58 bits per heavy atom. The molecule has 12 heavy (non-hydrogen) atoms. The molecule has 2 atom stereocenters. The van der Waals surface area contributed by atoms with Crippen LogP contribution < -0.4 is 9.79 Å². The fraction of sp³-hybridized carbons (Fsp3) is 1.00. The SMILES string of the molecule is O=[PH]([O-])OC(CO)O[PH](=O)[O-].[Ca+2]. The van der Waals surface area contributed by atoms with Crippen LogP contribution in [-0.4, -0.2) is 55.7 Å². The normalized spacial score (nSPS) is 17.6. The van der Waals surface area contributed by atoms with Gasteiger partial charge in [-0.15, -0.1) is 0 Å². The summed E-state index contributed by atoms with van der Waals surface area (Å²) in [6, 6.07) is 0. The van der Waals surface area contributed by atoms with Gasteiger partial charge in [0.1, 0.15) is 16.5 Å². The molecule has 1 N–H and O–H groups in total. The molecule has 0 amide bonds. The van der Waals surface area contributed by atoms with Gasteiger partial charge >= 0.3 is 37.7 Å². The second-order valence-electron chi connectivity index (χ2n) is 1.35. The largest absolute Gasteiger partial charge is 2.00 e. The zero-order valence-electron chi connectivity index (χ0n) is 5.89. The Hall–Kier alpha value is 1.52. The van der Waals surface area contributed by atoms with Crippen LogP contribution in [0.3, 0.4) is 0 Å². The standard InChI is InChI=1S/C2H8O7P2.Ca/c3-1-2(8-10(4)5)9-11(6)7;/h2-3,10-11H,1H2,(H,4,5)(H,6,7);/q;+2/p-2. The summed E-state index contributed by atoms with van der Waals surface area (Å²) in [6.07, 6.45) is -1.64. The van der Waals surface area contributed by atoms with E-state index in [1.54, 1.807) is 0 Å². The second kappa shape index (κ2) is 9.09. The van der Waals surface area contributed by atoms with Crippen molar-refractivity contribution in [3.8, 4) is 0 Å². The van der Waals surface area contributed by atoms with Crippen LogP contribution in [0.15, 0.2) is 0 Å². The van der Waals surface area contributed by atoms with Gasteiger partial charge in [-0.3, -0.25) is 0 Å². The van der Waals surface area contributed by atoms with Gasteiger partial charge in [-0.05, 0) is 0 Å². The summed E-state index contributed by atoms with van der Waals surface area (Å²) in [7, 11) is -7.07. The van der Waals surface area contributed by atoms with E-state index in [1.807, 2.05) is 0 Å². The molecular weight excluding hydrogens is 238 g/mol. The van der Waals surface area contributed by atoms with E-state index < -0.39 is 29.4 Å². The molecule has 68 valence electrons. The fourth-order valence-electron chi connectivity index (χ4n) is 0.313. The van der Waals surface area contributed by atoms with E-state index in [1.165, 1.54) is 0 Å². The number of hydrogen-bond acceptors (Lipinski definition) is 7. The van der Waals surface area contributed by atoms with Crippen molar-refractivity contribution in [3.63, 3.8) is 0 Å². The first-order chi connectivity index (χ1) is 5.06. The summed E-state index contributed by atoms with van der Waals surface area (Å²) in [5.41, 5.74) is 0. The molecular formula is C2H6CaO7P2. The van der Waals surface area contributed by atoms with Crippen molar-refractivity contribution >= 4 is 54.2 Å². The van der Waals surface area contributed by atoms with Crippen LogP contribution in [0.5, 0.6) is 0 Å². The van der Waals surface area contributed by atoms with Crippen LogP contribution in [0.1, 0.15) is 0 Å². The van der Waals surface area contributed by atoms with Crippen LogP contribution in [-0.2, 0) is 18.2 Å². The summed E-state index contributed by atoms with van der Waals surface area (Å²) >= 11 is 0. The van der Waals surface area contributed by atoms with Crippen LogP contribution in [0.4, 0.5) is 0 Å². The molecule has 2 unspecified atom stereocenters. The van der Waals surface area contributed by atoms with Crippen molar-refractivity contribution in [2.45, 2.75) is 6.29 Å². The maximum Gasteiger partial charge on any atom is 2.00 e. The van der Waals surface area contributed by atoms with E-state index in [0.29, 0.717) is 0 Å². The predicted molar refractivity (Wildman–Crippen MR) is 36.8 cm³/mol. The van der Waals surface area contributed by atoms with Gasteiger partial charge in [0.2, 0.25) is 0 Å². The minimum absolute atomic E-state index is 0. The van der Waals surface area contributed by atoms with E-state index in [0.717, 1.165) is 0 Å². The third kappa shape index (κ3) is 9.61. The van der Waals surface area contributed by atoms with Gasteiger partial charge in [-0.1, -0.05) is 0 Å². The van der Waals surface area contributed by atoms with Crippen molar-refractivity contribution in [2.75, 3.05) is 6.61 Å². The van der Waals surface area contributed by atoms with E-state index in [9.17, 15) is 18.9 Å². The average molecular weight is 244 g/mol. The Balaban J connectivity index is 0. The molecule has 0 spiro atoms. The van der Waals surface area contributed by atoms with E-state index in [2.05, 4.69) is 9.05 Å². The van der Waals surface area contributed by atoms with Gasteiger partial charge < -0.3 is 33.1 Å². The number of hydrogen-bond donors (Lipinski definition) is 1. The topological polar surface area (TPSA) is 119 Å². The van der Waals surface area contributed by atoms with Crippen LogP contribution in [0.25, 0.3) is 0 Å². The van der Waals surface area contributed by atoms with Gasteiger partial charge in [0.15, 0.2) is 6.29 Å². The molecule has 0 aromatic heterocycles. The molecule has 0 fully saturated rings. The first kappa shape index (κ1) is 16.0. The number of aliphatic hydroxyl groups is 1. The molecule has 0 rings (SSSR count). The van der Waals surface area contributed by atoms with E-state index in [4.69, 9.17) is 5.11 Å². The maximum absolute atomic E-state index is 9.82. The van der Waals surface area contributed by atoms with Gasteiger partial charge in [0.05, 0.1) is 6.61 Å². The van der Waals surface area contributed by atoms with Crippen LogP contribution >= 0.6 is 16.5 Å². The maximum atomic E-state index is 9.82. The summed E-state index contributed by atoms with van der Waals surface area (Å²) < 4.78 is 27.3. The average Bonchev–Trinajstić information content (AvgIpc) is 1.84. The van der Waals surface area contributed by atoms with Crippen molar-refractivity contribution in [3.05, 3.63) is 0 Å². The molecule has 7 nitrogen and oxygen atoms in total. The van der Waals surface area contributed by atoms with E-state index in [-0.39, 0.29) is 37.7 Å². The number of aliphatic hydroxyl groups excluding tert-OH is 1. The minimum atomic E-state index is -3.54. The Morgan fingerprint density at radius 3 is 1.75 bits per heavy atom. The van der Waals surface area contributed by atoms with E-state index >= 15 is 0 Å². The van der Waals surface area contributed by atoms with Crippen molar-refractivity contribution in [1.82, 2.24) is 0 Å².